The highest BCUT2D eigenvalue weighted by Crippen LogP contribution is 2.55. The summed E-state index contributed by atoms with van der Waals surface area (Å²) in [7, 11) is 0. The molecule has 2 aliphatic rings. The summed E-state index contributed by atoms with van der Waals surface area (Å²) in [6.07, 6.45) is 0. The number of benzene rings is 15. The first kappa shape index (κ1) is 46.3. The van der Waals surface area contributed by atoms with Crippen molar-refractivity contribution in [3.05, 3.63) is 362 Å². The molecule has 0 N–H and O–H groups in total. The summed E-state index contributed by atoms with van der Waals surface area (Å²) in [6.45, 7) is 17.7. The highest BCUT2D eigenvalue weighted by atomic mass is 15.2. The van der Waals surface area contributed by atoms with Gasteiger partial charge in [0.2, 0.25) is 0 Å². The van der Waals surface area contributed by atoms with Crippen LogP contribution in [-0.2, 0) is 16.2 Å². The van der Waals surface area contributed by atoms with E-state index < -0.39 is 203 Å². The van der Waals surface area contributed by atoms with Crippen LogP contribution in [0.25, 0.3) is 134 Å². The molecule has 8 heteroatoms. The van der Waals surface area contributed by atoms with Crippen molar-refractivity contribution < 1.29 is 35.6 Å². The lowest BCUT2D eigenvalue weighted by Crippen LogP contribution is -2.61. The molecule has 0 saturated heterocycles. The van der Waals surface area contributed by atoms with Gasteiger partial charge in [0.25, 0.3) is 6.71 Å². The fourth-order valence-corrected chi connectivity index (χ4v) is 16.1. The molecule has 7 nitrogen and oxygen atoms in total. The Kier molecular flexibility index (Phi) is 10.9. The predicted octanol–water partition coefficient (Wildman–Crippen LogP) is 25.7. The highest BCUT2D eigenvalue weighted by Gasteiger charge is 2.46. The van der Waals surface area contributed by atoms with Gasteiger partial charge in [-0.3, -0.25) is 0 Å². The van der Waals surface area contributed by atoms with Crippen molar-refractivity contribution in [2.24, 2.45) is 0 Å². The van der Waals surface area contributed by atoms with Crippen LogP contribution in [0, 0.1) is 0 Å². The van der Waals surface area contributed by atoms with Crippen molar-refractivity contribution in [2.75, 3.05) is 9.80 Å². The van der Waals surface area contributed by atoms with E-state index in [9.17, 15) is 30.2 Å². The first-order valence-corrected chi connectivity index (χ1v) is 37.4. The quantitative estimate of drug-likeness (QED) is 0.121. The van der Waals surface area contributed by atoms with Gasteiger partial charge in [0.1, 0.15) is 0 Å². The number of anilines is 6. The third-order valence-corrected chi connectivity index (χ3v) is 21.7. The zero-order chi connectivity index (χ0) is 99.2. The number of aromatic nitrogens is 5. The van der Waals surface area contributed by atoms with E-state index in [0.717, 1.165) is 27.8 Å². The topological polar surface area (TPSA) is 55.0 Å². The van der Waals surface area contributed by atoms with Gasteiger partial charge in [-0.05, 0) is 161 Å². The van der Waals surface area contributed by atoms with Gasteiger partial charge in [0.05, 0.1) is 74.8 Å². The number of para-hydroxylation sites is 4. The first-order valence-electron chi connectivity index (χ1n) is 50.4. The van der Waals surface area contributed by atoms with E-state index in [4.69, 9.17) is 20.4 Å². The van der Waals surface area contributed by atoms with Crippen molar-refractivity contribution in [2.45, 2.75) is 78.6 Å². The lowest BCUT2D eigenvalue weighted by atomic mass is 9.33. The van der Waals surface area contributed by atoms with Gasteiger partial charge in [-0.25, -0.2) is 15.0 Å². The number of hydrogen-bond donors (Lipinski definition) is 0. The Balaban J connectivity index is 1.05. The molecule has 5 heterocycles. The van der Waals surface area contributed by atoms with Crippen LogP contribution < -0.4 is 26.2 Å². The Morgan fingerprint density at radius 2 is 0.673 bits per heavy atom. The maximum Gasteiger partial charge on any atom is 0.252 e. The summed E-state index contributed by atoms with van der Waals surface area (Å²) in [5.74, 6) is -1.49. The molecule has 0 atom stereocenters. The zero-order valence-corrected chi connectivity index (χ0v) is 63.1. The average Bonchev–Trinajstić information content (AvgIpc) is 1.65. The minimum absolute atomic E-state index is 0.00209. The monoisotopic (exact) mass is 1480 g/mol. The predicted molar refractivity (Wildman–Crippen MR) is 477 cm³/mol. The van der Waals surface area contributed by atoms with E-state index in [2.05, 4.69) is 59.7 Å². The van der Waals surface area contributed by atoms with Crippen LogP contribution >= 0.6 is 0 Å². The third-order valence-electron chi connectivity index (χ3n) is 21.7. The Bertz CT molecular complexity index is 8150. The molecular weight excluding hydrogens is 1370 g/mol. The molecule has 113 heavy (non-hydrogen) atoms. The van der Waals surface area contributed by atoms with E-state index in [1.54, 1.807) is 24.3 Å². The van der Waals surface area contributed by atoms with Crippen LogP contribution in [0.5, 0.6) is 0 Å². The number of hydrogen-bond acceptors (Lipinski definition) is 5. The van der Waals surface area contributed by atoms with Crippen molar-refractivity contribution >= 4 is 101 Å². The minimum atomic E-state index is -1.06. The molecular formula is C105H84BN7. The van der Waals surface area contributed by atoms with Crippen molar-refractivity contribution in [3.63, 3.8) is 0 Å². The summed E-state index contributed by atoms with van der Waals surface area (Å²) >= 11 is 0. The van der Waals surface area contributed by atoms with Crippen LogP contribution in [0.3, 0.4) is 0 Å². The zero-order valence-electron chi connectivity index (χ0n) is 89.1. The summed E-state index contributed by atoms with van der Waals surface area (Å²) in [6, 6.07) is 41.8. The van der Waals surface area contributed by atoms with Gasteiger partial charge in [-0.1, -0.05) is 329 Å². The first-order chi connectivity index (χ1) is 65.7. The van der Waals surface area contributed by atoms with Crippen molar-refractivity contribution in [1.82, 2.24) is 24.1 Å². The van der Waals surface area contributed by atoms with E-state index in [0.29, 0.717) is 66.8 Å². The average molecular weight is 1480 g/mol. The molecule has 15 aromatic carbocycles. The fraction of sp³-hybridized carbons (Fsp3) is 0.114. The van der Waals surface area contributed by atoms with E-state index >= 15 is 0 Å². The van der Waals surface area contributed by atoms with Gasteiger partial charge in [0, 0.05) is 77.8 Å². The molecule has 2 aliphatic heterocycles. The van der Waals surface area contributed by atoms with Crippen molar-refractivity contribution in [3.8, 4) is 90.0 Å². The van der Waals surface area contributed by atoms with Gasteiger partial charge < -0.3 is 18.9 Å². The molecule has 18 aromatic rings. The summed E-state index contributed by atoms with van der Waals surface area (Å²) < 4.78 is 251. The second-order valence-electron chi connectivity index (χ2n) is 31.7. The van der Waals surface area contributed by atoms with Crippen molar-refractivity contribution in [1.29, 1.82) is 0 Å². The van der Waals surface area contributed by atoms with Crippen LogP contribution in [0.2, 0.25) is 0 Å². The third kappa shape index (κ3) is 11.8. The van der Waals surface area contributed by atoms with E-state index in [1.165, 1.54) is 9.13 Å². The van der Waals surface area contributed by atoms with Gasteiger partial charge in [0.15, 0.2) is 17.5 Å². The molecule has 3 aromatic heterocycles. The van der Waals surface area contributed by atoms with E-state index in [-0.39, 0.29) is 83.4 Å². The van der Waals surface area contributed by atoms with Gasteiger partial charge in [-0.2, -0.15) is 0 Å². The second-order valence-corrected chi connectivity index (χ2v) is 31.7. The smallest absolute Gasteiger partial charge is 0.252 e. The Morgan fingerprint density at radius 1 is 0.274 bits per heavy atom. The molecule has 0 amide bonds. The van der Waals surface area contributed by atoms with Gasteiger partial charge >= 0.3 is 0 Å². The maximum atomic E-state index is 10.3. The molecule has 0 unspecified atom stereocenters. The lowest BCUT2D eigenvalue weighted by molar-refractivity contribution is 0.569. The summed E-state index contributed by atoms with van der Waals surface area (Å²) in [5.41, 5.74) is 7.67. The molecule has 0 aliphatic carbocycles. The summed E-state index contributed by atoms with van der Waals surface area (Å²) in [4.78, 5) is 19.4. The second kappa shape index (κ2) is 26.7. The van der Waals surface area contributed by atoms with Crippen LogP contribution in [0.15, 0.2) is 345 Å². The van der Waals surface area contributed by atoms with Crippen LogP contribution in [0.1, 0.15) is 115 Å². The number of rotatable bonds is 11. The summed E-state index contributed by atoms with van der Waals surface area (Å²) in [5, 5.41) is -0.910. The molecule has 0 bridgehead atoms. The minimum Gasteiger partial charge on any atom is -0.311 e. The Labute approximate surface area is 698 Å². The molecule has 20 rings (SSSR count). The fourth-order valence-electron chi connectivity index (χ4n) is 16.1. The number of nitrogens with zero attached hydrogens (tertiary/aromatic N) is 7. The molecule has 0 spiro atoms. The Morgan fingerprint density at radius 3 is 1.19 bits per heavy atom. The molecule has 542 valence electrons. The normalized spacial score (nSPS) is 16.0. The highest BCUT2D eigenvalue weighted by molar-refractivity contribution is 7.00. The molecule has 0 fully saturated rings. The lowest BCUT2D eigenvalue weighted by Gasteiger charge is -2.46. The number of fused-ring (bicyclic) bond motifs is 10. The molecule has 0 radical (unpaired) electrons. The van der Waals surface area contributed by atoms with E-state index in [1.807, 2.05) is 176 Å². The van der Waals surface area contributed by atoms with Crippen LogP contribution in [0.4, 0.5) is 34.1 Å². The SMILES string of the molecule is [2H]c1c([2H])c([2H])c(-c2nc(-c3cc(C(C)(C)C)cc(-c4ccccc4)c3N3c4cc(-c5cc(C(C)(C)C)cc(C(C)(C)C)c5)ccc4B4c5ccc(-n6c7c([2H])c([2H])c([2H])c([2H])c7c7c([2H])c([2H])c([2H])c([2H])c76)cc5N(c5ccc(-c6ccccc6)cc5-c5ccccc5)c5cc(-n6c7c([2H])c([2H])c([2H])c([2H])c7c7c([2H])c([2H])c([2H])c([2H])c76)cc3c54)nc(-c3c([2H])c([2H])c([2H])c([2H])c3[2H])n2)c([2H])c1[2H]. The largest absolute Gasteiger partial charge is 0.311 e. The standard InChI is InChI=1S/C105H84BN7/c1-103(2,3)75-57-74(58-76(61-75)104(4,5)6)73-51-54-87-94(60-73)113(99-85(69-37-19-12-20-38-69)62-77(105(7,8)9)63-86(99)102-108-100(70-39-21-13-22-40-70)107-101(109-102)71-41-23-14-24-42-71)97-66-79(111-91-49-31-27-45-82(91)83-46-28-32-50-92(83)111)65-96-98(97)106(87)88-55-53-78(110-89-47-29-25-43-80(89)81-44-26-30-48-90(81)110)64-95(88)112(96)93-56-52-72(67-33-15-10-16-34-67)59-84(93)68-35-17-11-18-36-68/h10-66H,1-9H3/i13D,14D,21D,22D,23D,24D,25D,26D,27D,28D,29D,30D,31D,32D,39D,40D,41D,42D,43D,44D,45D,46D,47D,48D,49D,50D. The van der Waals surface area contributed by atoms with Crippen LogP contribution in [-0.4, -0.2) is 30.8 Å². The molecule has 0 saturated carbocycles. The Hall–Kier alpha value is -13.4. The maximum absolute atomic E-state index is 10.3. The van der Waals surface area contributed by atoms with Gasteiger partial charge in [-0.15, -0.1) is 0 Å².